The molecule has 0 unspecified atom stereocenters. The Labute approximate surface area is 144 Å². The molecule has 25 heavy (non-hydrogen) atoms. The van der Waals surface area contributed by atoms with Gasteiger partial charge in [-0.15, -0.1) is 0 Å². The second kappa shape index (κ2) is 7.13. The number of allylic oxidation sites excluding steroid dienone is 1. The summed E-state index contributed by atoms with van der Waals surface area (Å²) in [5, 5.41) is 2.72. The molecule has 126 valence electrons. The van der Waals surface area contributed by atoms with Crippen molar-refractivity contribution in [2.24, 2.45) is 0 Å². The smallest absolute Gasteiger partial charge is 0.341 e. The zero-order chi connectivity index (χ0) is 17.8. The molecule has 1 N–H and O–H groups in total. The van der Waals surface area contributed by atoms with Gasteiger partial charge in [0.1, 0.15) is 11.6 Å². The number of carbonyl (C=O) groups excluding carboxylic acids is 2. The van der Waals surface area contributed by atoms with Crippen LogP contribution in [0.15, 0.2) is 72.5 Å². The molecule has 1 aliphatic heterocycles. The molecule has 0 fully saturated rings. The number of ether oxygens (including phenoxy) is 1. The third kappa shape index (κ3) is 3.83. The van der Waals surface area contributed by atoms with Crippen molar-refractivity contribution >= 4 is 17.4 Å². The predicted octanol–water partition coefficient (Wildman–Crippen LogP) is 3.01. The zero-order valence-corrected chi connectivity index (χ0v) is 13.4. The summed E-state index contributed by atoms with van der Waals surface area (Å²) in [6.45, 7) is 3.75. The van der Waals surface area contributed by atoms with Gasteiger partial charge in [0, 0.05) is 5.57 Å². The third-order valence-corrected chi connectivity index (χ3v) is 3.85. The highest BCUT2D eigenvalue weighted by Gasteiger charge is 2.29. The van der Waals surface area contributed by atoms with E-state index in [1.807, 2.05) is 30.3 Å². The highest BCUT2D eigenvalue weighted by Crippen LogP contribution is 2.33. The molecule has 1 heterocycles. The second-order valence-electron chi connectivity index (χ2n) is 5.61. The van der Waals surface area contributed by atoms with Crippen molar-refractivity contribution in [2.45, 2.75) is 6.42 Å². The number of benzene rings is 2. The van der Waals surface area contributed by atoms with Crippen molar-refractivity contribution in [3.8, 4) is 0 Å². The Morgan fingerprint density at radius 3 is 2.44 bits per heavy atom. The molecule has 0 aliphatic carbocycles. The number of carbonyl (C=O) groups is 2. The van der Waals surface area contributed by atoms with Crippen molar-refractivity contribution in [2.75, 3.05) is 6.54 Å². The Hall–Kier alpha value is -3.21. The summed E-state index contributed by atoms with van der Waals surface area (Å²) in [5.74, 6) is -0.936. The first-order valence-corrected chi connectivity index (χ1v) is 7.76. The molecule has 0 saturated heterocycles. The van der Waals surface area contributed by atoms with E-state index in [0.29, 0.717) is 16.7 Å². The van der Waals surface area contributed by atoms with E-state index in [2.05, 4.69) is 11.9 Å². The Balaban J connectivity index is 1.76. The van der Waals surface area contributed by atoms with E-state index in [1.165, 1.54) is 12.1 Å². The van der Waals surface area contributed by atoms with Crippen molar-refractivity contribution in [3.05, 3.63) is 89.5 Å². The normalized spacial score (nSPS) is 13.8. The molecule has 4 nitrogen and oxygen atoms in total. The van der Waals surface area contributed by atoms with Crippen LogP contribution in [0.5, 0.6) is 0 Å². The number of rotatable bonds is 5. The van der Waals surface area contributed by atoms with E-state index in [-0.39, 0.29) is 30.4 Å². The summed E-state index contributed by atoms with van der Waals surface area (Å²) in [6, 6.07) is 15.0. The van der Waals surface area contributed by atoms with Gasteiger partial charge in [0.25, 0.3) is 0 Å². The maximum absolute atomic E-state index is 13.1. The minimum atomic E-state index is -0.552. The van der Waals surface area contributed by atoms with E-state index < -0.39 is 5.97 Å². The average molecular weight is 337 g/mol. The first kappa shape index (κ1) is 16.6. The average Bonchev–Trinajstić information content (AvgIpc) is 2.88. The fourth-order valence-corrected chi connectivity index (χ4v) is 2.64. The van der Waals surface area contributed by atoms with Crippen LogP contribution in [0.25, 0.3) is 5.57 Å². The fourth-order valence-electron chi connectivity index (χ4n) is 2.64. The molecule has 0 atom stereocenters. The van der Waals surface area contributed by atoms with Crippen molar-refractivity contribution < 1.29 is 18.7 Å². The minimum absolute atomic E-state index is 0.0240. The summed E-state index contributed by atoms with van der Waals surface area (Å²) in [7, 11) is 0. The van der Waals surface area contributed by atoms with Gasteiger partial charge in [0.2, 0.25) is 5.91 Å². The molecule has 0 radical (unpaired) electrons. The van der Waals surface area contributed by atoms with E-state index >= 15 is 0 Å². The molecule has 0 aromatic heterocycles. The maximum Gasteiger partial charge on any atom is 0.341 e. The molecular formula is C20H16FNO3. The molecule has 0 bridgehead atoms. The summed E-state index contributed by atoms with van der Waals surface area (Å²) in [5.41, 5.74) is 2.29. The minimum Gasteiger partial charge on any atom is -0.423 e. The Bertz CT molecular complexity index is 854. The lowest BCUT2D eigenvalue weighted by Gasteiger charge is -2.07. The van der Waals surface area contributed by atoms with Gasteiger partial charge in [-0.3, -0.25) is 4.79 Å². The molecule has 0 saturated carbocycles. The Kier molecular flexibility index (Phi) is 4.75. The van der Waals surface area contributed by atoms with Crippen LogP contribution in [-0.2, 0) is 20.7 Å². The second-order valence-corrected chi connectivity index (χ2v) is 5.61. The predicted molar refractivity (Wildman–Crippen MR) is 91.7 cm³/mol. The van der Waals surface area contributed by atoms with Gasteiger partial charge in [0.15, 0.2) is 0 Å². The van der Waals surface area contributed by atoms with E-state index in [4.69, 9.17) is 4.74 Å². The van der Waals surface area contributed by atoms with Crippen LogP contribution < -0.4 is 5.32 Å². The molecular weight excluding hydrogens is 321 g/mol. The lowest BCUT2D eigenvalue weighted by atomic mass is 10.00. The van der Waals surface area contributed by atoms with Crippen LogP contribution in [0.2, 0.25) is 0 Å². The standard InChI is InChI=1S/C20H16FNO3/c1-13-19(15-7-9-16(21)10-8-15)17(20(24)25-13)12-22-18(23)11-14-5-3-2-4-6-14/h2-10H,1,11-12H2,(H,22,23). The molecule has 1 aliphatic rings. The summed E-state index contributed by atoms with van der Waals surface area (Å²) in [6.07, 6.45) is 0.218. The number of halogens is 1. The van der Waals surface area contributed by atoms with Gasteiger partial charge in [-0.2, -0.15) is 0 Å². The van der Waals surface area contributed by atoms with Crippen LogP contribution in [0, 0.1) is 5.82 Å². The summed E-state index contributed by atoms with van der Waals surface area (Å²) in [4.78, 5) is 24.1. The lowest BCUT2D eigenvalue weighted by molar-refractivity contribution is -0.133. The number of hydrogen-bond donors (Lipinski definition) is 1. The van der Waals surface area contributed by atoms with Gasteiger partial charge < -0.3 is 10.1 Å². The number of hydrogen-bond acceptors (Lipinski definition) is 3. The molecule has 1 amide bonds. The number of nitrogens with one attached hydrogen (secondary N) is 1. The monoisotopic (exact) mass is 337 g/mol. The zero-order valence-electron chi connectivity index (χ0n) is 13.4. The van der Waals surface area contributed by atoms with Gasteiger partial charge in [-0.05, 0) is 23.3 Å². The Morgan fingerprint density at radius 2 is 1.76 bits per heavy atom. The molecule has 5 heteroatoms. The van der Waals surface area contributed by atoms with Crippen LogP contribution >= 0.6 is 0 Å². The fraction of sp³-hybridized carbons (Fsp3) is 0.100. The van der Waals surface area contributed by atoms with E-state index in [9.17, 15) is 14.0 Å². The lowest BCUT2D eigenvalue weighted by Crippen LogP contribution is -2.28. The summed E-state index contributed by atoms with van der Waals surface area (Å²) < 4.78 is 18.2. The van der Waals surface area contributed by atoms with Gasteiger partial charge in [-0.1, -0.05) is 49.0 Å². The highest BCUT2D eigenvalue weighted by molar-refractivity contribution is 6.07. The largest absolute Gasteiger partial charge is 0.423 e. The van der Waals surface area contributed by atoms with E-state index in [1.54, 1.807) is 12.1 Å². The van der Waals surface area contributed by atoms with Crippen LogP contribution in [0.1, 0.15) is 11.1 Å². The van der Waals surface area contributed by atoms with Crippen LogP contribution in [0.3, 0.4) is 0 Å². The molecule has 2 aromatic rings. The van der Waals surface area contributed by atoms with Crippen LogP contribution in [-0.4, -0.2) is 18.4 Å². The topological polar surface area (TPSA) is 55.4 Å². The summed E-state index contributed by atoms with van der Waals surface area (Å²) >= 11 is 0. The van der Waals surface area contributed by atoms with Crippen molar-refractivity contribution in [1.82, 2.24) is 5.32 Å². The maximum atomic E-state index is 13.1. The highest BCUT2D eigenvalue weighted by atomic mass is 19.1. The van der Waals surface area contributed by atoms with Gasteiger partial charge in [0.05, 0.1) is 18.5 Å². The van der Waals surface area contributed by atoms with Gasteiger partial charge >= 0.3 is 5.97 Å². The van der Waals surface area contributed by atoms with Gasteiger partial charge in [-0.25, -0.2) is 9.18 Å². The molecule has 0 spiro atoms. The van der Waals surface area contributed by atoms with Crippen molar-refractivity contribution in [3.63, 3.8) is 0 Å². The number of amides is 1. The van der Waals surface area contributed by atoms with Crippen molar-refractivity contribution in [1.29, 1.82) is 0 Å². The SMILES string of the molecule is C=C1OC(=O)C(CNC(=O)Cc2ccccc2)=C1c1ccc(F)cc1. The molecule has 3 rings (SSSR count). The first-order chi connectivity index (χ1) is 12.0. The van der Waals surface area contributed by atoms with Crippen LogP contribution in [0.4, 0.5) is 4.39 Å². The Morgan fingerprint density at radius 1 is 1.08 bits per heavy atom. The van der Waals surface area contributed by atoms with E-state index in [0.717, 1.165) is 5.56 Å². The molecule has 2 aromatic carbocycles. The first-order valence-electron chi connectivity index (χ1n) is 7.76. The quantitative estimate of drug-likeness (QED) is 0.854. The third-order valence-electron chi connectivity index (χ3n) is 3.85. The number of cyclic esters (lactones) is 1. The number of esters is 1.